The zero-order chi connectivity index (χ0) is 47.9. The molecular formula is C46H63N9O8S2Si. The van der Waals surface area contributed by atoms with Crippen LogP contribution in [0.15, 0.2) is 107 Å². The maximum Gasteiger partial charge on any atom is 0.404 e. The highest BCUT2D eigenvalue weighted by Crippen LogP contribution is 2.43. The first-order chi connectivity index (χ1) is 31.2. The fourth-order valence-electron chi connectivity index (χ4n) is 7.78. The third kappa shape index (κ3) is 12.2. The Hall–Kier alpha value is -5.22. The zero-order valence-electron chi connectivity index (χ0n) is 38.7. The number of sulfonamides is 2. The highest BCUT2D eigenvalue weighted by atomic mass is 32.2. The summed E-state index contributed by atoms with van der Waals surface area (Å²) >= 11 is 0. The van der Waals surface area contributed by atoms with E-state index >= 15 is 16.8 Å². The first-order valence-corrected chi connectivity index (χ1v) is 27.8. The van der Waals surface area contributed by atoms with Crippen LogP contribution in [0.3, 0.4) is 0 Å². The van der Waals surface area contributed by atoms with Crippen LogP contribution in [-0.4, -0.2) is 106 Å². The second-order valence-electron chi connectivity index (χ2n) is 18.2. The van der Waals surface area contributed by atoms with Crippen molar-refractivity contribution in [1.82, 2.24) is 34.6 Å². The molecule has 5 aromatic rings. The topological polar surface area (TPSA) is 224 Å². The van der Waals surface area contributed by atoms with Gasteiger partial charge in [-0.1, -0.05) is 93.6 Å². The summed E-state index contributed by atoms with van der Waals surface area (Å²) < 4.78 is 77.9. The van der Waals surface area contributed by atoms with Crippen molar-refractivity contribution in [2.24, 2.45) is 11.7 Å². The average Bonchev–Trinajstić information content (AvgIpc) is 3.75. The molecule has 3 atom stereocenters. The van der Waals surface area contributed by atoms with E-state index in [1.54, 1.807) is 25.3 Å². The molecule has 0 aliphatic carbocycles. The number of hydrogen-bond donors (Lipinski definition) is 4. The van der Waals surface area contributed by atoms with Crippen molar-refractivity contribution < 1.29 is 35.9 Å². The average molecular weight is 962 g/mol. The van der Waals surface area contributed by atoms with Gasteiger partial charge < -0.3 is 30.2 Å². The summed E-state index contributed by atoms with van der Waals surface area (Å²) in [6.45, 7) is 12.4. The Balaban J connectivity index is 1.58. The van der Waals surface area contributed by atoms with Crippen molar-refractivity contribution >= 4 is 40.1 Å². The number of amides is 1. The van der Waals surface area contributed by atoms with Crippen LogP contribution >= 0.6 is 0 Å². The molecule has 3 unspecified atom stereocenters. The highest BCUT2D eigenvalue weighted by molar-refractivity contribution is 7.92. The fourth-order valence-corrected chi connectivity index (χ4v) is 12.6. The molecule has 20 heteroatoms. The molecule has 0 spiro atoms. The third-order valence-electron chi connectivity index (χ3n) is 12.4. The Morgan fingerprint density at radius 1 is 0.924 bits per heavy atom. The van der Waals surface area contributed by atoms with E-state index in [4.69, 9.17) is 20.0 Å². The number of hydrogen-bond acceptors (Lipinski definition) is 12. The lowest BCUT2D eigenvalue weighted by Gasteiger charge is -2.40. The van der Waals surface area contributed by atoms with Gasteiger partial charge in [-0.05, 0) is 96.5 Å². The molecule has 66 heavy (non-hydrogen) atoms. The van der Waals surface area contributed by atoms with Gasteiger partial charge >= 0.3 is 6.09 Å². The summed E-state index contributed by atoms with van der Waals surface area (Å²) in [7, 11) is -10.6. The lowest BCUT2D eigenvalue weighted by Crippen LogP contribution is -2.50. The Bertz CT molecular complexity index is 2590. The Labute approximate surface area is 389 Å². The summed E-state index contributed by atoms with van der Waals surface area (Å²) in [5.74, 6) is 0.808. The zero-order valence-corrected chi connectivity index (χ0v) is 41.3. The van der Waals surface area contributed by atoms with E-state index in [1.807, 2.05) is 114 Å². The molecule has 1 aliphatic heterocycles. The van der Waals surface area contributed by atoms with Crippen molar-refractivity contribution in [2.45, 2.75) is 100 Å². The summed E-state index contributed by atoms with van der Waals surface area (Å²) in [6.07, 6.45) is -0.807. The SMILES string of the molecule is COc1ccc(Cn2nnc(-c3c(N4CCC(CN)CC4C)ccc(S(=O)(=O)NCC(CNC(=O)O)O[Si](C)(C)C(C)(C)C)c3S(=O)(=O)N(Cc3ccccc3)Cc3ccccc3)n2)cc1. The lowest BCUT2D eigenvalue weighted by atomic mass is 9.91. The third-order valence-corrected chi connectivity index (χ3v) is 20.4. The Kier molecular flexibility index (Phi) is 16.1. The predicted octanol–water partition coefficient (Wildman–Crippen LogP) is 6.29. The van der Waals surface area contributed by atoms with Crippen LogP contribution in [0.4, 0.5) is 10.5 Å². The van der Waals surface area contributed by atoms with Crippen LogP contribution in [0, 0.1) is 5.92 Å². The molecule has 4 aromatic carbocycles. The van der Waals surface area contributed by atoms with Crippen LogP contribution in [0.2, 0.25) is 18.1 Å². The van der Waals surface area contributed by atoms with Gasteiger partial charge in [0.05, 0.1) is 25.3 Å². The second-order valence-corrected chi connectivity index (χ2v) is 26.6. The van der Waals surface area contributed by atoms with Crippen molar-refractivity contribution in [3.8, 4) is 17.1 Å². The summed E-state index contributed by atoms with van der Waals surface area (Å²) in [5, 5.41) is 25.2. The van der Waals surface area contributed by atoms with Gasteiger partial charge in [0.1, 0.15) is 15.5 Å². The molecule has 5 N–H and O–H groups in total. The normalized spacial score (nSPS) is 16.6. The molecule has 1 aliphatic rings. The quantitative estimate of drug-likeness (QED) is 0.0631. The molecule has 1 fully saturated rings. The number of tetrazole rings is 1. The van der Waals surface area contributed by atoms with Gasteiger partial charge in [-0.3, -0.25) is 0 Å². The van der Waals surface area contributed by atoms with Gasteiger partial charge in [-0.25, -0.2) is 26.4 Å². The molecule has 1 saturated heterocycles. The molecule has 0 radical (unpaired) electrons. The number of nitrogens with two attached hydrogens (primary N) is 1. The van der Waals surface area contributed by atoms with E-state index in [9.17, 15) is 9.90 Å². The van der Waals surface area contributed by atoms with Crippen LogP contribution in [-0.2, 0) is 44.1 Å². The minimum atomic E-state index is -4.83. The predicted molar refractivity (Wildman–Crippen MR) is 257 cm³/mol. The number of piperidine rings is 1. The molecule has 6 rings (SSSR count). The number of nitrogens with zero attached hydrogens (tertiary/aromatic N) is 6. The molecule has 356 valence electrons. The molecule has 0 bridgehead atoms. The summed E-state index contributed by atoms with van der Waals surface area (Å²) in [4.78, 5) is 14.0. The summed E-state index contributed by atoms with van der Waals surface area (Å²) in [5.41, 5.74) is 8.71. The number of anilines is 1. The molecule has 17 nitrogen and oxygen atoms in total. The van der Waals surface area contributed by atoms with Crippen molar-refractivity contribution in [1.29, 1.82) is 0 Å². The number of aromatic nitrogens is 4. The number of carboxylic acid groups (broad SMARTS) is 1. The van der Waals surface area contributed by atoms with E-state index < -0.39 is 50.4 Å². The van der Waals surface area contributed by atoms with E-state index in [0.717, 1.165) is 12.0 Å². The number of benzene rings is 4. The van der Waals surface area contributed by atoms with E-state index in [2.05, 4.69) is 25.3 Å². The second kappa shape index (κ2) is 21.2. The van der Waals surface area contributed by atoms with Gasteiger partial charge in [0, 0.05) is 44.5 Å². The van der Waals surface area contributed by atoms with Gasteiger partial charge in [-0.2, -0.15) is 9.10 Å². The number of rotatable bonds is 20. The van der Waals surface area contributed by atoms with Gasteiger partial charge in [-0.15, -0.1) is 10.2 Å². The number of ether oxygens (including phenoxy) is 1. The van der Waals surface area contributed by atoms with E-state index in [1.165, 1.54) is 15.2 Å². The van der Waals surface area contributed by atoms with Crippen LogP contribution < -0.4 is 25.4 Å². The molecule has 0 saturated carbocycles. The maximum atomic E-state index is 16.0. The van der Waals surface area contributed by atoms with Crippen LogP contribution in [0.1, 0.15) is 57.2 Å². The molecule has 2 heterocycles. The minimum absolute atomic E-state index is 0.0235. The smallest absolute Gasteiger partial charge is 0.404 e. The van der Waals surface area contributed by atoms with Crippen molar-refractivity contribution in [2.75, 3.05) is 38.2 Å². The number of methoxy groups -OCH3 is 1. The molecule has 1 amide bonds. The Morgan fingerprint density at radius 3 is 2.09 bits per heavy atom. The minimum Gasteiger partial charge on any atom is -0.497 e. The van der Waals surface area contributed by atoms with E-state index in [-0.39, 0.29) is 61.1 Å². The Morgan fingerprint density at radius 2 is 1.55 bits per heavy atom. The standard InChI is InChI=1S/C46H63N9O8S2Si/c1-33-26-37(27-47)24-25-54(33)40-22-23-41(64(58,59)49-29-39(28-48-45(56)57)63-66(6,7)46(2,3)4)43(42(40)44-50-52-55(51-44)32-36-18-20-38(62-5)21-19-36)65(60,61)53(30-34-14-10-8-11-15-34)31-35-16-12-9-13-17-35/h8-23,33,37,39,48-49H,24-32,47H2,1-7H3,(H,56,57). The first-order valence-electron chi connectivity index (χ1n) is 22.0. The number of carbonyl (C=O) groups is 1. The largest absolute Gasteiger partial charge is 0.497 e. The van der Waals surface area contributed by atoms with Crippen molar-refractivity contribution in [3.63, 3.8) is 0 Å². The fraction of sp³-hybridized carbons (Fsp3) is 0.435. The monoisotopic (exact) mass is 961 g/mol. The van der Waals surface area contributed by atoms with Gasteiger partial charge in [0.15, 0.2) is 8.32 Å². The van der Waals surface area contributed by atoms with Gasteiger partial charge in [0.2, 0.25) is 25.9 Å². The number of nitrogens with one attached hydrogen (secondary N) is 2. The van der Waals surface area contributed by atoms with Gasteiger partial charge in [0.25, 0.3) is 0 Å². The molecule has 1 aromatic heterocycles. The maximum absolute atomic E-state index is 16.0. The highest BCUT2D eigenvalue weighted by Gasteiger charge is 2.42. The van der Waals surface area contributed by atoms with Crippen LogP contribution in [0.5, 0.6) is 5.75 Å². The van der Waals surface area contributed by atoms with Crippen molar-refractivity contribution in [3.05, 3.63) is 114 Å². The first kappa shape index (κ1) is 50.2. The molecular weight excluding hydrogens is 899 g/mol. The van der Waals surface area contributed by atoms with E-state index in [0.29, 0.717) is 42.1 Å². The van der Waals surface area contributed by atoms with Crippen LogP contribution in [0.25, 0.3) is 11.4 Å². The summed E-state index contributed by atoms with van der Waals surface area (Å²) in [6, 6.07) is 28.3. The lowest BCUT2D eigenvalue weighted by molar-refractivity contribution is 0.163.